The Morgan fingerprint density at radius 3 is 2.96 bits per heavy atom. The van der Waals surface area contributed by atoms with Gasteiger partial charge in [0.2, 0.25) is 10.0 Å². The molecule has 1 aromatic carbocycles. The first kappa shape index (κ1) is 17.7. The maximum atomic E-state index is 12.0. The van der Waals surface area contributed by atoms with Gasteiger partial charge in [-0.2, -0.15) is 0 Å². The normalized spacial score (nSPS) is 16.7. The van der Waals surface area contributed by atoms with E-state index in [1.54, 1.807) is 24.4 Å². The number of nitrogens with zero attached hydrogens (tertiary/aromatic N) is 1. The third kappa shape index (κ3) is 4.10. The molecule has 7 nitrogen and oxygen atoms in total. The summed E-state index contributed by atoms with van der Waals surface area (Å²) in [5.41, 5.74) is 1.99. The molecule has 2 heterocycles. The number of benzene rings is 1. The number of carbonyl (C=O) groups excluding carboxylic acids is 1. The zero-order chi connectivity index (χ0) is 18.0. The summed E-state index contributed by atoms with van der Waals surface area (Å²) in [7, 11) is -3.37. The number of carbonyl (C=O) groups is 1. The topological polar surface area (TPSA) is 97.4 Å². The van der Waals surface area contributed by atoms with E-state index >= 15 is 0 Å². The van der Waals surface area contributed by atoms with E-state index in [1.807, 2.05) is 13.0 Å². The Balaban J connectivity index is 1.79. The molecule has 1 aliphatic rings. The van der Waals surface area contributed by atoms with Crippen LogP contribution in [-0.4, -0.2) is 31.2 Å². The second-order valence-electron chi connectivity index (χ2n) is 5.77. The molecule has 0 aliphatic carbocycles. The van der Waals surface area contributed by atoms with E-state index in [-0.39, 0.29) is 11.7 Å². The number of anilines is 2. The maximum absolute atomic E-state index is 12.0. The number of aromatic nitrogens is 1. The van der Waals surface area contributed by atoms with Gasteiger partial charge >= 0.3 is 0 Å². The standard InChI is InChI=1S/C16H19N3O4S2/c1-3-4-7-25(21,22)19-16-18-13(9-24-16)11-5-6-14-12(8-11)17-15(20)10(2)23-14/h5-6,8-10H,3-4,7H2,1-2H3,(H,17,20)(H,18,19). The lowest BCUT2D eigenvalue weighted by Crippen LogP contribution is -2.34. The first-order valence-electron chi connectivity index (χ1n) is 7.96. The van der Waals surface area contributed by atoms with Crippen molar-refractivity contribution in [3.05, 3.63) is 23.6 Å². The SMILES string of the molecule is CCCCS(=O)(=O)Nc1nc(-c2ccc3c(c2)NC(=O)C(C)O3)cs1. The van der Waals surface area contributed by atoms with E-state index in [1.165, 1.54) is 11.3 Å². The average molecular weight is 381 g/mol. The van der Waals surface area contributed by atoms with Crippen molar-refractivity contribution in [3.8, 4) is 17.0 Å². The van der Waals surface area contributed by atoms with Crippen LogP contribution in [0, 0.1) is 0 Å². The molecule has 0 saturated heterocycles. The highest BCUT2D eigenvalue weighted by Gasteiger charge is 2.24. The van der Waals surface area contributed by atoms with Gasteiger partial charge in [-0.3, -0.25) is 9.52 Å². The van der Waals surface area contributed by atoms with Crippen LogP contribution < -0.4 is 14.8 Å². The Morgan fingerprint density at radius 2 is 2.20 bits per heavy atom. The van der Waals surface area contributed by atoms with Crippen molar-refractivity contribution >= 4 is 38.1 Å². The summed E-state index contributed by atoms with van der Waals surface area (Å²) in [4.78, 5) is 16.1. The monoisotopic (exact) mass is 381 g/mol. The second kappa shape index (κ2) is 7.01. The quantitative estimate of drug-likeness (QED) is 0.801. The number of fused-ring (bicyclic) bond motifs is 1. The van der Waals surface area contributed by atoms with E-state index in [9.17, 15) is 13.2 Å². The van der Waals surface area contributed by atoms with Gasteiger partial charge in [0.1, 0.15) is 5.75 Å². The van der Waals surface area contributed by atoms with Crippen LogP contribution in [0.15, 0.2) is 23.6 Å². The van der Waals surface area contributed by atoms with Gasteiger partial charge in [0.25, 0.3) is 5.91 Å². The molecule has 9 heteroatoms. The highest BCUT2D eigenvalue weighted by molar-refractivity contribution is 7.92. The van der Waals surface area contributed by atoms with Crippen molar-refractivity contribution in [2.75, 3.05) is 15.8 Å². The van der Waals surface area contributed by atoms with E-state index in [2.05, 4.69) is 15.0 Å². The molecule has 0 fully saturated rings. The Labute approximate surface area is 150 Å². The molecule has 0 radical (unpaired) electrons. The lowest BCUT2D eigenvalue weighted by molar-refractivity contribution is -0.122. The molecule has 0 bridgehead atoms. The Hall–Kier alpha value is -2.13. The van der Waals surface area contributed by atoms with Crippen molar-refractivity contribution in [2.45, 2.75) is 32.8 Å². The highest BCUT2D eigenvalue weighted by atomic mass is 32.2. The molecule has 3 rings (SSSR count). The predicted molar refractivity (Wildman–Crippen MR) is 98.6 cm³/mol. The van der Waals surface area contributed by atoms with E-state index in [0.29, 0.717) is 28.7 Å². The maximum Gasteiger partial charge on any atom is 0.265 e. The van der Waals surface area contributed by atoms with Crippen molar-refractivity contribution in [1.29, 1.82) is 0 Å². The fraction of sp³-hybridized carbons (Fsp3) is 0.375. The minimum absolute atomic E-state index is 0.0822. The van der Waals surface area contributed by atoms with Gasteiger partial charge in [-0.25, -0.2) is 13.4 Å². The Bertz CT molecular complexity index is 893. The van der Waals surface area contributed by atoms with Gasteiger partial charge in [0.15, 0.2) is 11.2 Å². The first-order chi connectivity index (χ1) is 11.9. The summed E-state index contributed by atoms with van der Waals surface area (Å²) >= 11 is 1.22. The number of sulfonamides is 1. The van der Waals surface area contributed by atoms with Gasteiger partial charge in [-0.15, -0.1) is 11.3 Å². The van der Waals surface area contributed by atoms with Crippen LogP contribution in [-0.2, 0) is 14.8 Å². The van der Waals surface area contributed by atoms with Gasteiger partial charge in [-0.05, 0) is 31.5 Å². The summed E-state index contributed by atoms with van der Waals surface area (Å²) in [5, 5.41) is 4.89. The number of unbranched alkanes of at least 4 members (excludes halogenated alkanes) is 1. The summed E-state index contributed by atoms with van der Waals surface area (Å²) in [6.07, 6.45) is 0.893. The lowest BCUT2D eigenvalue weighted by atomic mass is 10.1. The van der Waals surface area contributed by atoms with Gasteiger partial charge in [-0.1, -0.05) is 13.3 Å². The van der Waals surface area contributed by atoms with Crippen LogP contribution in [0.5, 0.6) is 5.75 Å². The molecule has 1 aliphatic heterocycles. The number of rotatable bonds is 6. The van der Waals surface area contributed by atoms with Gasteiger partial charge in [0, 0.05) is 10.9 Å². The molecule has 1 atom stereocenters. The van der Waals surface area contributed by atoms with Crippen LogP contribution in [0.4, 0.5) is 10.8 Å². The number of hydrogen-bond acceptors (Lipinski definition) is 6. The van der Waals surface area contributed by atoms with Crippen LogP contribution >= 0.6 is 11.3 Å². The Kier molecular flexibility index (Phi) is 4.96. The lowest BCUT2D eigenvalue weighted by Gasteiger charge is -2.23. The molecule has 1 amide bonds. The number of hydrogen-bond donors (Lipinski definition) is 2. The zero-order valence-corrected chi connectivity index (χ0v) is 15.5. The van der Waals surface area contributed by atoms with Crippen LogP contribution in [0.25, 0.3) is 11.3 Å². The molecule has 1 aromatic heterocycles. The largest absolute Gasteiger partial charge is 0.479 e. The molecule has 0 saturated carbocycles. The summed E-state index contributed by atoms with van der Waals surface area (Å²) in [6, 6.07) is 5.36. The average Bonchev–Trinajstić information content (AvgIpc) is 3.01. The fourth-order valence-corrected chi connectivity index (χ4v) is 4.56. The second-order valence-corrected chi connectivity index (χ2v) is 8.47. The number of thiazole rings is 1. The molecule has 134 valence electrons. The molecule has 1 unspecified atom stereocenters. The van der Waals surface area contributed by atoms with Crippen molar-refractivity contribution in [2.24, 2.45) is 0 Å². The third-order valence-corrected chi connectivity index (χ3v) is 5.94. The highest BCUT2D eigenvalue weighted by Crippen LogP contribution is 2.35. The van der Waals surface area contributed by atoms with Crippen molar-refractivity contribution < 1.29 is 17.9 Å². The van der Waals surface area contributed by atoms with Crippen molar-refractivity contribution in [1.82, 2.24) is 4.98 Å². The minimum Gasteiger partial charge on any atom is -0.479 e. The molecule has 2 aromatic rings. The fourth-order valence-electron chi connectivity index (χ4n) is 2.34. The number of nitrogens with one attached hydrogen (secondary N) is 2. The predicted octanol–water partition coefficient (Wildman–Crippen LogP) is 3.07. The van der Waals surface area contributed by atoms with Gasteiger partial charge < -0.3 is 10.1 Å². The number of amides is 1. The van der Waals surface area contributed by atoms with Crippen LogP contribution in [0.1, 0.15) is 26.7 Å². The van der Waals surface area contributed by atoms with Crippen molar-refractivity contribution in [3.63, 3.8) is 0 Å². The van der Waals surface area contributed by atoms with E-state index in [4.69, 9.17) is 4.74 Å². The molecule has 25 heavy (non-hydrogen) atoms. The first-order valence-corrected chi connectivity index (χ1v) is 10.5. The molecular weight excluding hydrogens is 362 g/mol. The zero-order valence-electron chi connectivity index (χ0n) is 13.9. The van der Waals surface area contributed by atoms with Crippen LogP contribution in [0.2, 0.25) is 0 Å². The summed E-state index contributed by atoms with van der Waals surface area (Å²) in [5.74, 6) is 0.484. The Morgan fingerprint density at radius 1 is 1.40 bits per heavy atom. The minimum atomic E-state index is -3.37. The third-order valence-electron chi connectivity index (χ3n) is 3.72. The molecular formula is C16H19N3O4S2. The van der Waals surface area contributed by atoms with Gasteiger partial charge in [0.05, 0.1) is 17.1 Å². The van der Waals surface area contributed by atoms with Crippen LogP contribution in [0.3, 0.4) is 0 Å². The molecule has 2 N–H and O–H groups in total. The molecule has 0 spiro atoms. The summed E-state index contributed by atoms with van der Waals surface area (Å²) in [6.45, 7) is 3.62. The van der Waals surface area contributed by atoms with E-state index < -0.39 is 16.1 Å². The van der Waals surface area contributed by atoms with E-state index in [0.717, 1.165) is 12.0 Å². The smallest absolute Gasteiger partial charge is 0.265 e. The summed E-state index contributed by atoms with van der Waals surface area (Å²) < 4.78 is 31.9. The number of ether oxygens (including phenoxy) is 1.